The van der Waals surface area contributed by atoms with E-state index in [-0.39, 0.29) is 11.8 Å². The van der Waals surface area contributed by atoms with Crippen LogP contribution in [0.25, 0.3) is 0 Å². The Morgan fingerprint density at radius 3 is 2.64 bits per heavy atom. The van der Waals surface area contributed by atoms with Crippen molar-refractivity contribution in [2.45, 2.75) is 57.1 Å². The molecule has 2 fully saturated rings. The van der Waals surface area contributed by atoms with E-state index in [9.17, 15) is 9.59 Å². The number of hydrogen-bond acceptors (Lipinski definition) is 5. The monoisotopic (exact) mass is 345 g/mol. The Morgan fingerprint density at radius 2 is 2.04 bits per heavy atom. The Bertz CT molecular complexity index is 712. The SMILES string of the molecule is Cc1ccc(C(=O)N2CCC3(CC2)CC(C(=O)NC2CCC2)=NO3)o1. The van der Waals surface area contributed by atoms with Gasteiger partial charge in [-0.05, 0) is 38.3 Å². The Balaban J connectivity index is 1.31. The van der Waals surface area contributed by atoms with Gasteiger partial charge in [0.25, 0.3) is 11.8 Å². The number of carbonyl (C=O) groups excluding carboxylic acids is 2. The predicted molar refractivity (Wildman–Crippen MR) is 90.2 cm³/mol. The van der Waals surface area contributed by atoms with Crippen LogP contribution in [0, 0.1) is 6.92 Å². The van der Waals surface area contributed by atoms with Crippen LogP contribution in [0.3, 0.4) is 0 Å². The molecule has 1 spiro atoms. The molecule has 0 atom stereocenters. The number of furan rings is 1. The Labute approximate surface area is 146 Å². The number of rotatable bonds is 3. The molecule has 2 aliphatic heterocycles. The van der Waals surface area contributed by atoms with Crippen LogP contribution < -0.4 is 5.32 Å². The van der Waals surface area contributed by atoms with Crippen LogP contribution in [0.4, 0.5) is 0 Å². The number of piperidine rings is 1. The van der Waals surface area contributed by atoms with Gasteiger partial charge in [0.2, 0.25) is 0 Å². The maximum Gasteiger partial charge on any atom is 0.289 e. The molecular formula is C18H23N3O4. The Kier molecular flexibility index (Phi) is 4.01. The van der Waals surface area contributed by atoms with Crippen molar-refractivity contribution in [2.75, 3.05) is 13.1 Å². The molecule has 4 rings (SSSR count). The number of amides is 2. The first kappa shape index (κ1) is 16.2. The largest absolute Gasteiger partial charge is 0.456 e. The fourth-order valence-electron chi connectivity index (χ4n) is 3.56. The quantitative estimate of drug-likeness (QED) is 0.908. The van der Waals surface area contributed by atoms with Gasteiger partial charge in [0.1, 0.15) is 17.1 Å². The summed E-state index contributed by atoms with van der Waals surface area (Å²) < 4.78 is 5.42. The molecule has 0 radical (unpaired) electrons. The van der Waals surface area contributed by atoms with E-state index >= 15 is 0 Å². The highest BCUT2D eigenvalue weighted by Gasteiger charge is 2.45. The highest BCUT2D eigenvalue weighted by molar-refractivity contribution is 6.39. The van der Waals surface area contributed by atoms with Crippen molar-refractivity contribution in [1.29, 1.82) is 0 Å². The Morgan fingerprint density at radius 1 is 1.28 bits per heavy atom. The number of hydrogen-bond donors (Lipinski definition) is 1. The average Bonchev–Trinajstić information content (AvgIpc) is 3.18. The molecule has 0 unspecified atom stereocenters. The van der Waals surface area contributed by atoms with Crippen molar-refractivity contribution in [3.05, 3.63) is 23.7 Å². The molecule has 1 aliphatic carbocycles. The highest BCUT2D eigenvalue weighted by atomic mass is 16.7. The zero-order valence-corrected chi connectivity index (χ0v) is 14.4. The summed E-state index contributed by atoms with van der Waals surface area (Å²) in [5.41, 5.74) is 0.0376. The number of carbonyl (C=O) groups is 2. The van der Waals surface area contributed by atoms with Crippen LogP contribution >= 0.6 is 0 Å². The van der Waals surface area contributed by atoms with Crippen molar-refractivity contribution in [3.63, 3.8) is 0 Å². The summed E-state index contributed by atoms with van der Waals surface area (Å²) in [7, 11) is 0. The highest BCUT2D eigenvalue weighted by Crippen LogP contribution is 2.35. The number of likely N-dealkylation sites (tertiary alicyclic amines) is 1. The second kappa shape index (κ2) is 6.20. The number of nitrogens with zero attached hydrogens (tertiary/aromatic N) is 2. The number of nitrogens with one attached hydrogen (secondary N) is 1. The van der Waals surface area contributed by atoms with Gasteiger partial charge in [-0.2, -0.15) is 0 Å². The summed E-state index contributed by atoms with van der Waals surface area (Å²) in [6.45, 7) is 2.97. The molecule has 0 aromatic carbocycles. The van der Waals surface area contributed by atoms with Crippen LogP contribution in [-0.2, 0) is 9.63 Å². The summed E-state index contributed by atoms with van der Waals surface area (Å²) in [5, 5.41) is 7.04. The lowest BCUT2D eigenvalue weighted by molar-refractivity contribution is -0.116. The average molecular weight is 345 g/mol. The number of aryl methyl sites for hydroxylation is 1. The fourth-order valence-corrected chi connectivity index (χ4v) is 3.56. The van der Waals surface area contributed by atoms with E-state index < -0.39 is 5.60 Å². The van der Waals surface area contributed by atoms with Gasteiger partial charge in [0.05, 0.1) is 0 Å². The molecule has 1 saturated carbocycles. The first-order chi connectivity index (χ1) is 12.0. The third kappa shape index (κ3) is 3.15. The fraction of sp³-hybridized carbons (Fsp3) is 0.611. The first-order valence-electron chi connectivity index (χ1n) is 8.96. The third-order valence-corrected chi connectivity index (χ3v) is 5.45. The van der Waals surface area contributed by atoms with Gasteiger partial charge in [-0.15, -0.1) is 0 Å². The molecule has 7 heteroatoms. The van der Waals surface area contributed by atoms with Gasteiger partial charge in [-0.25, -0.2) is 0 Å². The third-order valence-electron chi connectivity index (χ3n) is 5.45. The first-order valence-corrected chi connectivity index (χ1v) is 8.96. The smallest absolute Gasteiger partial charge is 0.289 e. The zero-order valence-electron chi connectivity index (χ0n) is 14.4. The summed E-state index contributed by atoms with van der Waals surface area (Å²) in [5.74, 6) is 0.903. The van der Waals surface area contributed by atoms with Crippen LogP contribution in [0.1, 0.15) is 54.8 Å². The molecule has 0 bridgehead atoms. The van der Waals surface area contributed by atoms with Crippen LogP contribution in [0.2, 0.25) is 0 Å². The maximum atomic E-state index is 12.4. The molecule has 7 nitrogen and oxygen atoms in total. The molecule has 134 valence electrons. The molecule has 1 saturated heterocycles. The molecule has 1 N–H and O–H groups in total. The van der Waals surface area contributed by atoms with E-state index in [0.717, 1.165) is 18.6 Å². The Hall–Kier alpha value is -2.31. The summed E-state index contributed by atoms with van der Waals surface area (Å²) >= 11 is 0. The second-order valence-corrected chi connectivity index (χ2v) is 7.29. The van der Waals surface area contributed by atoms with E-state index in [1.807, 2.05) is 6.92 Å². The number of oxime groups is 1. The van der Waals surface area contributed by atoms with Gasteiger partial charge in [0.15, 0.2) is 5.76 Å². The van der Waals surface area contributed by atoms with Crippen LogP contribution in [0.5, 0.6) is 0 Å². The van der Waals surface area contributed by atoms with Crippen LogP contribution in [-0.4, -0.2) is 47.2 Å². The minimum atomic E-state index is -0.442. The van der Waals surface area contributed by atoms with Crippen molar-refractivity contribution >= 4 is 17.5 Å². The van der Waals surface area contributed by atoms with E-state index in [4.69, 9.17) is 9.25 Å². The van der Waals surface area contributed by atoms with Crippen molar-refractivity contribution in [1.82, 2.24) is 10.2 Å². The lowest BCUT2D eigenvalue weighted by atomic mass is 9.86. The molecule has 3 heterocycles. The maximum absolute atomic E-state index is 12.4. The van der Waals surface area contributed by atoms with Gasteiger partial charge in [0, 0.05) is 38.4 Å². The van der Waals surface area contributed by atoms with Crippen LogP contribution in [0.15, 0.2) is 21.7 Å². The van der Waals surface area contributed by atoms with Crippen molar-refractivity contribution < 1.29 is 18.8 Å². The van der Waals surface area contributed by atoms with E-state index in [1.54, 1.807) is 17.0 Å². The standard InChI is InChI=1S/C18H23N3O4/c1-12-5-6-15(24-12)17(23)21-9-7-18(8-10-21)11-14(20-25-18)16(22)19-13-3-2-4-13/h5-6,13H,2-4,7-11H2,1H3,(H,19,22). The summed E-state index contributed by atoms with van der Waals surface area (Å²) in [4.78, 5) is 32.1. The van der Waals surface area contributed by atoms with Gasteiger partial charge < -0.3 is 19.5 Å². The molecule has 25 heavy (non-hydrogen) atoms. The zero-order chi connectivity index (χ0) is 17.4. The van der Waals surface area contributed by atoms with Gasteiger partial charge >= 0.3 is 0 Å². The molecule has 1 aromatic rings. The van der Waals surface area contributed by atoms with E-state index in [2.05, 4.69) is 10.5 Å². The van der Waals surface area contributed by atoms with Crippen molar-refractivity contribution in [3.8, 4) is 0 Å². The van der Waals surface area contributed by atoms with Gasteiger partial charge in [-0.3, -0.25) is 9.59 Å². The summed E-state index contributed by atoms with van der Waals surface area (Å²) in [6, 6.07) is 3.79. The van der Waals surface area contributed by atoms with E-state index in [0.29, 0.717) is 49.9 Å². The molecule has 3 aliphatic rings. The lowest BCUT2D eigenvalue weighted by Crippen LogP contribution is -2.48. The minimum Gasteiger partial charge on any atom is -0.456 e. The topological polar surface area (TPSA) is 84.1 Å². The minimum absolute atomic E-state index is 0.0928. The second-order valence-electron chi connectivity index (χ2n) is 7.29. The summed E-state index contributed by atoms with van der Waals surface area (Å²) in [6.07, 6.45) is 5.14. The van der Waals surface area contributed by atoms with Crippen molar-refractivity contribution in [2.24, 2.45) is 5.16 Å². The van der Waals surface area contributed by atoms with E-state index in [1.165, 1.54) is 6.42 Å². The van der Waals surface area contributed by atoms with Gasteiger partial charge in [-0.1, -0.05) is 5.16 Å². The normalized spacial score (nSPS) is 22.3. The molecule has 1 aromatic heterocycles. The lowest BCUT2D eigenvalue weighted by Gasteiger charge is -2.36. The predicted octanol–water partition coefficient (Wildman–Crippen LogP) is 2.01. The molecular weight excluding hydrogens is 322 g/mol. The molecule has 2 amide bonds.